The van der Waals surface area contributed by atoms with Crippen molar-refractivity contribution in [2.45, 2.75) is 71.1 Å². The van der Waals surface area contributed by atoms with E-state index in [-0.39, 0.29) is 12.1 Å². The Morgan fingerprint density at radius 3 is 2.73 bits per heavy atom. The molecule has 6 rings (SSSR count). The lowest BCUT2D eigenvalue weighted by Crippen LogP contribution is -2.33. The number of nitrogens with zero attached hydrogens (tertiary/aromatic N) is 3. The van der Waals surface area contributed by atoms with E-state index in [0.717, 1.165) is 90.5 Å². The number of likely N-dealkylation sites (N-methyl/N-ethyl adjacent to an activating group) is 1. The summed E-state index contributed by atoms with van der Waals surface area (Å²) in [4.78, 5) is 15.4. The van der Waals surface area contributed by atoms with Crippen LogP contribution >= 0.6 is 0 Å². The zero-order chi connectivity index (χ0) is 28.2. The van der Waals surface area contributed by atoms with Gasteiger partial charge in [0.15, 0.2) is 6.23 Å². The van der Waals surface area contributed by atoms with Crippen molar-refractivity contribution in [1.82, 2.24) is 20.0 Å². The van der Waals surface area contributed by atoms with E-state index in [1.54, 1.807) is 0 Å². The number of unbranched alkanes of at least 4 members (excludes halogenated alkanes) is 1. The molecule has 2 fully saturated rings. The standard InChI is InChI=1S/C34H42N4O3/c1-3-5-17-35-34(39)27-14-16-31-30(22-27)33(36-38(31)32-10-6-7-19-40-32)26-12-11-25-21-29(15-13-24(25)20-26)41-23-28-9-8-18-37(28)4-2/h11-16,20-22,28,32H,3-10,17-19,23H2,1-2H3,(H,35,39). The summed E-state index contributed by atoms with van der Waals surface area (Å²) in [6, 6.07) is 19.2. The quantitative estimate of drug-likeness (QED) is 0.215. The number of hydrogen-bond acceptors (Lipinski definition) is 5. The number of hydrogen-bond donors (Lipinski definition) is 1. The molecule has 1 aromatic heterocycles. The summed E-state index contributed by atoms with van der Waals surface area (Å²) < 4.78 is 14.4. The Morgan fingerprint density at radius 2 is 1.90 bits per heavy atom. The number of carbonyl (C=O) groups excluding carboxylic acids is 1. The monoisotopic (exact) mass is 554 g/mol. The first-order chi connectivity index (χ1) is 20.1. The summed E-state index contributed by atoms with van der Waals surface area (Å²) in [6.07, 6.45) is 7.53. The van der Waals surface area contributed by atoms with Gasteiger partial charge in [0.25, 0.3) is 5.91 Å². The smallest absolute Gasteiger partial charge is 0.251 e. The molecule has 4 aromatic rings. The molecule has 1 N–H and O–H groups in total. The highest BCUT2D eigenvalue weighted by atomic mass is 16.5. The molecule has 0 bridgehead atoms. The molecule has 2 saturated heterocycles. The molecule has 3 heterocycles. The number of amides is 1. The van der Waals surface area contributed by atoms with Crippen LogP contribution in [0.5, 0.6) is 5.75 Å². The summed E-state index contributed by atoms with van der Waals surface area (Å²) >= 11 is 0. The lowest BCUT2D eigenvalue weighted by Gasteiger charge is -2.23. The van der Waals surface area contributed by atoms with Gasteiger partial charge in [0.05, 0.1) is 5.52 Å². The molecule has 216 valence electrons. The van der Waals surface area contributed by atoms with Crippen LogP contribution in [0.2, 0.25) is 0 Å². The van der Waals surface area contributed by atoms with Crippen LogP contribution in [0.25, 0.3) is 32.9 Å². The lowest BCUT2D eigenvalue weighted by atomic mass is 10.0. The van der Waals surface area contributed by atoms with Gasteiger partial charge in [-0.3, -0.25) is 9.69 Å². The maximum Gasteiger partial charge on any atom is 0.251 e. The normalized spacial score (nSPS) is 19.7. The van der Waals surface area contributed by atoms with E-state index in [0.29, 0.717) is 18.2 Å². The minimum absolute atomic E-state index is 0.0429. The molecule has 2 aliphatic heterocycles. The SMILES string of the molecule is CCCCNC(=O)c1ccc2c(c1)c(-c1ccc3cc(OCC4CCCN4CC)ccc3c1)nn2C1CCCCO1. The first-order valence-corrected chi connectivity index (χ1v) is 15.5. The second kappa shape index (κ2) is 12.6. The Hall–Kier alpha value is -3.42. The van der Waals surface area contributed by atoms with E-state index in [1.165, 1.54) is 19.4 Å². The van der Waals surface area contributed by atoms with Crippen LogP contribution in [0, 0.1) is 0 Å². The highest BCUT2D eigenvalue weighted by molar-refractivity contribution is 6.02. The molecular weight excluding hydrogens is 512 g/mol. The van der Waals surface area contributed by atoms with Gasteiger partial charge in [-0.15, -0.1) is 0 Å². The summed E-state index contributed by atoms with van der Waals surface area (Å²) in [6.45, 7) is 8.77. The zero-order valence-electron chi connectivity index (χ0n) is 24.4. The van der Waals surface area contributed by atoms with Gasteiger partial charge in [-0.25, -0.2) is 4.68 Å². The van der Waals surface area contributed by atoms with Crippen LogP contribution in [-0.4, -0.2) is 59.5 Å². The first kappa shape index (κ1) is 27.7. The van der Waals surface area contributed by atoms with Gasteiger partial charge in [-0.1, -0.05) is 38.5 Å². The second-order valence-electron chi connectivity index (χ2n) is 11.4. The van der Waals surface area contributed by atoms with Crippen molar-refractivity contribution in [3.05, 3.63) is 60.2 Å². The molecule has 2 atom stereocenters. The van der Waals surface area contributed by atoms with E-state index in [9.17, 15) is 4.79 Å². The van der Waals surface area contributed by atoms with Crippen LogP contribution in [0.1, 0.15) is 75.4 Å². The fourth-order valence-electron chi connectivity index (χ4n) is 6.27. The number of nitrogens with one attached hydrogen (secondary N) is 1. The number of rotatable bonds is 10. The molecule has 1 amide bonds. The van der Waals surface area contributed by atoms with Crippen molar-refractivity contribution < 1.29 is 14.3 Å². The van der Waals surface area contributed by atoms with Crippen LogP contribution in [0.4, 0.5) is 0 Å². The average Bonchev–Trinajstić information content (AvgIpc) is 3.64. The predicted octanol–water partition coefficient (Wildman–Crippen LogP) is 6.95. The maximum atomic E-state index is 12.9. The van der Waals surface area contributed by atoms with Crippen molar-refractivity contribution in [3.8, 4) is 17.0 Å². The number of likely N-dealkylation sites (tertiary alicyclic amines) is 1. The number of fused-ring (bicyclic) bond motifs is 2. The fourth-order valence-corrected chi connectivity index (χ4v) is 6.27. The minimum atomic E-state index is -0.0899. The molecule has 0 aliphatic carbocycles. The number of aromatic nitrogens is 2. The van der Waals surface area contributed by atoms with Gasteiger partial charge >= 0.3 is 0 Å². The lowest BCUT2D eigenvalue weighted by molar-refractivity contribution is -0.0365. The predicted molar refractivity (Wildman–Crippen MR) is 165 cm³/mol. The van der Waals surface area contributed by atoms with Gasteiger partial charge in [-0.2, -0.15) is 5.10 Å². The van der Waals surface area contributed by atoms with Gasteiger partial charge in [0, 0.05) is 35.7 Å². The van der Waals surface area contributed by atoms with Crippen LogP contribution in [0.3, 0.4) is 0 Å². The maximum absolute atomic E-state index is 12.9. The molecule has 2 unspecified atom stereocenters. The Morgan fingerprint density at radius 1 is 1.02 bits per heavy atom. The first-order valence-electron chi connectivity index (χ1n) is 15.5. The molecule has 0 saturated carbocycles. The van der Waals surface area contributed by atoms with Gasteiger partial charge < -0.3 is 14.8 Å². The topological polar surface area (TPSA) is 68.6 Å². The van der Waals surface area contributed by atoms with E-state index in [2.05, 4.69) is 60.5 Å². The van der Waals surface area contributed by atoms with Gasteiger partial charge in [0.1, 0.15) is 18.1 Å². The average molecular weight is 555 g/mol. The number of benzene rings is 3. The third-order valence-corrected chi connectivity index (χ3v) is 8.65. The molecule has 3 aromatic carbocycles. The molecule has 41 heavy (non-hydrogen) atoms. The minimum Gasteiger partial charge on any atom is -0.492 e. The Bertz CT molecular complexity index is 1510. The highest BCUT2D eigenvalue weighted by Crippen LogP contribution is 2.35. The molecule has 7 heteroatoms. The molecule has 0 radical (unpaired) electrons. The Kier molecular flexibility index (Phi) is 8.54. The number of ether oxygens (including phenoxy) is 2. The van der Waals surface area contributed by atoms with Gasteiger partial charge in [-0.05, 0) is 98.8 Å². The van der Waals surface area contributed by atoms with Crippen LogP contribution in [-0.2, 0) is 4.74 Å². The van der Waals surface area contributed by atoms with Crippen molar-refractivity contribution in [2.75, 3.05) is 32.8 Å². The molecule has 0 spiro atoms. The van der Waals surface area contributed by atoms with E-state index in [4.69, 9.17) is 14.6 Å². The third-order valence-electron chi connectivity index (χ3n) is 8.65. The summed E-state index contributed by atoms with van der Waals surface area (Å²) in [5.74, 6) is 0.870. The molecule has 2 aliphatic rings. The van der Waals surface area contributed by atoms with Crippen LogP contribution < -0.4 is 10.1 Å². The summed E-state index contributed by atoms with van der Waals surface area (Å²) in [7, 11) is 0. The van der Waals surface area contributed by atoms with Crippen molar-refractivity contribution in [3.63, 3.8) is 0 Å². The summed E-state index contributed by atoms with van der Waals surface area (Å²) in [5.41, 5.74) is 3.55. The van der Waals surface area contributed by atoms with E-state index < -0.39 is 0 Å². The van der Waals surface area contributed by atoms with Crippen molar-refractivity contribution in [1.29, 1.82) is 0 Å². The van der Waals surface area contributed by atoms with Crippen molar-refractivity contribution >= 4 is 27.6 Å². The van der Waals surface area contributed by atoms with Crippen molar-refractivity contribution in [2.24, 2.45) is 0 Å². The van der Waals surface area contributed by atoms with Gasteiger partial charge in [0.2, 0.25) is 0 Å². The highest BCUT2D eigenvalue weighted by Gasteiger charge is 2.24. The second-order valence-corrected chi connectivity index (χ2v) is 11.4. The third kappa shape index (κ3) is 5.97. The van der Waals surface area contributed by atoms with Crippen LogP contribution in [0.15, 0.2) is 54.6 Å². The largest absolute Gasteiger partial charge is 0.492 e. The fraction of sp³-hybridized carbons (Fsp3) is 0.471. The van der Waals surface area contributed by atoms with E-state index in [1.807, 2.05) is 22.9 Å². The summed E-state index contributed by atoms with van der Waals surface area (Å²) in [5, 5.41) is 11.4. The van der Waals surface area contributed by atoms with E-state index >= 15 is 0 Å². The Labute approximate surface area is 242 Å². The molecular formula is C34H42N4O3. The Balaban J connectivity index is 1.31. The number of carbonyl (C=O) groups is 1. The zero-order valence-corrected chi connectivity index (χ0v) is 24.4. The molecule has 7 nitrogen and oxygen atoms in total.